The SMILES string of the molecule is CCCCc1nc2n(c(=O)c1Cc1ccc(-c3ccccc3-c3nnn[nH]3)cc1)CCCC2. The standard InChI is InChI=1S/C26H28N6O/c1-2-3-10-23-22(26(33)32-16-7-6-11-24(32)27-23)17-18-12-14-19(15-13-18)20-8-4-5-9-21(20)25-28-30-31-29-25/h4-5,8-9,12-15H,2-3,6-7,10-11,16-17H2,1H3,(H,28,29,30,31). The smallest absolute Gasteiger partial charge is 0.257 e. The molecule has 33 heavy (non-hydrogen) atoms. The number of hydrogen-bond acceptors (Lipinski definition) is 5. The number of tetrazole rings is 1. The van der Waals surface area contributed by atoms with E-state index < -0.39 is 0 Å². The van der Waals surface area contributed by atoms with Gasteiger partial charge in [0.05, 0.1) is 5.69 Å². The first-order chi connectivity index (χ1) is 16.2. The van der Waals surface area contributed by atoms with Gasteiger partial charge in [-0.05, 0) is 52.8 Å². The summed E-state index contributed by atoms with van der Waals surface area (Å²) in [7, 11) is 0. The fraction of sp³-hybridized carbons (Fsp3) is 0.346. The van der Waals surface area contributed by atoms with Crippen LogP contribution in [0.2, 0.25) is 0 Å². The summed E-state index contributed by atoms with van der Waals surface area (Å²) < 4.78 is 1.91. The zero-order chi connectivity index (χ0) is 22.6. The van der Waals surface area contributed by atoms with Crippen LogP contribution in [-0.2, 0) is 25.8 Å². The Balaban J connectivity index is 1.47. The van der Waals surface area contributed by atoms with Gasteiger partial charge in [-0.3, -0.25) is 9.36 Å². The minimum absolute atomic E-state index is 0.151. The number of H-pyrrole nitrogens is 1. The molecule has 0 unspecified atom stereocenters. The maximum Gasteiger partial charge on any atom is 0.257 e. The lowest BCUT2D eigenvalue weighted by atomic mass is 9.96. The van der Waals surface area contributed by atoms with Gasteiger partial charge in [0.25, 0.3) is 5.56 Å². The number of nitrogens with one attached hydrogen (secondary N) is 1. The van der Waals surface area contributed by atoms with Crippen molar-refractivity contribution in [3.63, 3.8) is 0 Å². The van der Waals surface area contributed by atoms with E-state index >= 15 is 0 Å². The third-order valence-electron chi connectivity index (χ3n) is 6.40. The Morgan fingerprint density at radius 3 is 2.61 bits per heavy atom. The van der Waals surface area contributed by atoms with E-state index in [4.69, 9.17) is 4.98 Å². The minimum atomic E-state index is 0.151. The Morgan fingerprint density at radius 1 is 1.03 bits per heavy atom. The molecule has 0 spiro atoms. The third kappa shape index (κ3) is 4.35. The maximum atomic E-state index is 13.4. The Labute approximate surface area is 192 Å². The topological polar surface area (TPSA) is 89.3 Å². The summed E-state index contributed by atoms with van der Waals surface area (Å²) in [5, 5.41) is 14.3. The average molecular weight is 441 g/mol. The number of hydrogen-bond donors (Lipinski definition) is 1. The first kappa shape index (κ1) is 21.2. The first-order valence-corrected chi connectivity index (χ1v) is 11.8. The van der Waals surface area contributed by atoms with Gasteiger partial charge in [-0.1, -0.05) is 61.9 Å². The van der Waals surface area contributed by atoms with E-state index in [0.717, 1.165) is 84.4 Å². The van der Waals surface area contributed by atoms with E-state index in [2.05, 4.69) is 57.9 Å². The molecular formula is C26H28N6O. The Morgan fingerprint density at radius 2 is 1.85 bits per heavy atom. The predicted molar refractivity (Wildman–Crippen MR) is 128 cm³/mol. The lowest BCUT2D eigenvalue weighted by Crippen LogP contribution is -2.32. The Bertz CT molecular complexity index is 1290. The van der Waals surface area contributed by atoms with E-state index in [0.29, 0.717) is 12.2 Å². The normalized spacial score (nSPS) is 13.1. The van der Waals surface area contributed by atoms with E-state index in [-0.39, 0.29) is 5.56 Å². The molecule has 0 fully saturated rings. The number of unbranched alkanes of at least 4 members (excludes halogenated alkanes) is 1. The Hall–Kier alpha value is -3.61. The van der Waals surface area contributed by atoms with Crippen LogP contribution in [0, 0.1) is 0 Å². The van der Waals surface area contributed by atoms with Crippen molar-refractivity contribution < 1.29 is 0 Å². The number of rotatable bonds is 7. The molecule has 1 aliphatic heterocycles. The molecule has 168 valence electrons. The number of aryl methyl sites for hydroxylation is 2. The van der Waals surface area contributed by atoms with Crippen LogP contribution in [0.15, 0.2) is 53.3 Å². The quantitative estimate of drug-likeness (QED) is 0.461. The fourth-order valence-corrected chi connectivity index (χ4v) is 4.61. The van der Waals surface area contributed by atoms with Crippen molar-refractivity contribution in [1.82, 2.24) is 30.2 Å². The van der Waals surface area contributed by atoms with E-state index in [9.17, 15) is 4.79 Å². The van der Waals surface area contributed by atoms with E-state index in [1.54, 1.807) is 0 Å². The Kier molecular flexibility index (Phi) is 6.11. The molecule has 7 nitrogen and oxygen atoms in total. The average Bonchev–Trinajstić information content (AvgIpc) is 3.40. The zero-order valence-corrected chi connectivity index (χ0v) is 18.9. The predicted octanol–water partition coefficient (Wildman–Crippen LogP) is 4.36. The van der Waals surface area contributed by atoms with Crippen molar-refractivity contribution in [1.29, 1.82) is 0 Å². The summed E-state index contributed by atoms with van der Waals surface area (Å²) in [5.74, 6) is 1.61. The molecule has 1 aliphatic rings. The van der Waals surface area contributed by atoms with Crippen molar-refractivity contribution in [3.05, 3.63) is 81.5 Å². The summed E-state index contributed by atoms with van der Waals surface area (Å²) in [6.45, 7) is 2.96. The van der Waals surface area contributed by atoms with Gasteiger partial charge in [-0.25, -0.2) is 10.1 Å². The van der Waals surface area contributed by atoms with Crippen LogP contribution < -0.4 is 5.56 Å². The molecule has 0 amide bonds. The molecule has 1 N–H and O–H groups in total. The van der Waals surface area contributed by atoms with Crippen LogP contribution in [0.4, 0.5) is 0 Å². The summed E-state index contributed by atoms with van der Waals surface area (Å²) in [6, 6.07) is 16.5. The van der Waals surface area contributed by atoms with Crippen molar-refractivity contribution in [2.45, 2.75) is 58.4 Å². The lowest BCUT2D eigenvalue weighted by molar-refractivity contribution is 0.487. The first-order valence-electron chi connectivity index (χ1n) is 11.8. The molecular weight excluding hydrogens is 412 g/mol. The number of aromatic nitrogens is 6. The van der Waals surface area contributed by atoms with Crippen LogP contribution >= 0.6 is 0 Å². The zero-order valence-electron chi connectivity index (χ0n) is 18.9. The monoisotopic (exact) mass is 440 g/mol. The second kappa shape index (κ2) is 9.48. The van der Waals surface area contributed by atoms with Crippen molar-refractivity contribution in [2.75, 3.05) is 0 Å². The van der Waals surface area contributed by atoms with Crippen LogP contribution in [0.25, 0.3) is 22.5 Å². The van der Waals surface area contributed by atoms with Gasteiger partial charge in [0.1, 0.15) is 5.82 Å². The van der Waals surface area contributed by atoms with E-state index in [1.807, 2.05) is 22.8 Å². The van der Waals surface area contributed by atoms with Crippen LogP contribution in [0.3, 0.4) is 0 Å². The third-order valence-corrected chi connectivity index (χ3v) is 6.40. The van der Waals surface area contributed by atoms with Crippen molar-refractivity contribution >= 4 is 0 Å². The highest BCUT2D eigenvalue weighted by Gasteiger charge is 2.19. The maximum absolute atomic E-state index is 13.4. The highest BCUT2D eigenvalue weighted by Crippen LogP contribution is 2.30. The summed E-state index contributed by atoms with van der Waals surface area (Å²) in [4.78, 5) is 18.3. The molecule has 3 heterocycles. The van der Waals surface area contributed by atoms with E-state index in [1.165, 1.54) is 0 Å². The summed E-state index contributed by atoms with van der Waals surface area (Å²) >= 11 is 0. The summed E-state index contributed by atoms with van der Waals surface area (Å²) in [6.07, 6.45) is 6.70. The second-order valence-electron chi connectivity index (χ2n) is 8.64. The van der Waals surface area contributed by atoms with Gasteiger partial charge in [0.2, 0.25) is 0 Å². The molecule has 5 rings (SSSR count). The summed E-state index contributed by atoms with van der Waals surface area (Å²) in [5.41, 5.74) is 6.20. The number of benzene rings is 2. The molecule has 0 saturated carbocycles. The highest BCUT2D eigenvalue weighted by atomic mass is 16.1. The molecule has 0 radical (unpaired) electrons. The molecule has 0 aliphatic carbocycles. The number of fused-ring (bicyclic) bond motifs is 1. The molecule has 0 atom stereocenters. The van der Waals surface area contributed by atoms with Crippen LogP contribution in [-0.4, -0.2) is 30.2 Å². The fourth-order valence-electron chi connectivity index (χ4n) is 4.61. The van der Waals surface area contributed by atoms with Crippen LogP contribution in [0.5, 0.6) is 0 Å². The molecule has 7 heteroatoms. The minimum Gasteiger partial charge on any atom is -0.296 e. The molecule has 0 saturated heterocycles. The van der Waals surface area contributed by atoms with Gasteiger partial charge in [-0.15, -0.1) is 5.10 Å². The number of aromatic amines is 1. The molecule has 4 aromatic rings. The van der Waals surface area contributed by atoms with Gasteiger partial charge in [-0.2, -0.15) is 0 Å². The van der Waals surface area contributed by atoms with Gasteiger partial charge in [0, 0.05) is 30.5 Å². The van der Waals surface area contributed by atoms with Crippen molar-refractivity contribution in [2.24, 2.45) is 0 Å². The van der Waals surface area contributed by atoms with Crippen molar-refractivity contribution in [3.8, 4) is 22.5 Å². The van der Waals surface area contributed by atoms with Crippen LogP contribution in [0.1, 0.15) is 55.3 Å². The number of nitrogens with zero attached hydrogens (tertiary/aromatic N) is 5. The highest BCUT2D eigenvalue weighted by molar-refractivity contribution is 5.80. The lowest BCUT2D eigenvalue weighted by Gasteiger charge is -2.20. The molecule has 2 aromatic carbocycles. The van der Waals surface area contributed by atoms with Gasteiger partial charge < -0.3 is 0 Å². The molecule has 0 bridgehead atoms. The van der Waals surface area contributed by atoms with Gasteiger partial charge in [0.15, 0.2) is 5.82 Å². The largest absolute Gasteiger partial charge is 0.296 e. The second-order valence-corrected chi connectivity index (χ2v) is 8.64. The van der Waals surface area contributed by atoms with Gasteiger partial charge >= 0.3 is 0 Å². The molecule has 2 aromatic heterocycles.